The SMILES string of the molecule is CCOc1cc(N)c(C=N)cc1Nc1ncnc2sc3c(c12)CCC(C)C3.N#CC1CCN(C=O)C1. The molecule has 188 valence electrons. The number of aryl methyl sites for hydroxylation is 1. The van der Waals surface area contributed by atoms with Gasteiger partial charge in [0.15, 0.2) is 0 Å². The second-order valence-corrected chi connectivity index (χ2v) is 10.2. The molecule has 2 aliphatic rings. The van der Waals surface area contributed by atoms with E-state index in [2.05, 4.69) is 28.3 Å². The lowest BCUT2D eigenvalue weighted by molar-refractivity contribution is -0.117. The van der Waals surface area contributed by atoms with Crippen LogP contribution in [0.1, 0.15) is 42.7 Å². The predicted octanol–water partition coefficient (Wildman–Crippen LogP) is 4.53. The summed E-state index contributed by atoms with van der Waals surface area (Å²) in [6.07, 6.45) is 7.86. The highest BCUT2D eigenvalue weighted by Gasteiger charge is 2.24. The number of thiophene rings is 1. The Kier molecular flexibility index (Phi) is 8.00. The van der Waals surface area contributed by atoms with Gasteiger partial charge < -0.3 is 26.1 Å². The number of likely N-dealkylation sites (tertiary alicyclic amines) is 1. The maximum atomic E-state index is 10.1. The number of nitrogens with one attached hydrogen (secondary N) is 2. The van der Waals surface area contributed by atoms with Crippen molar-refractivity contribution >= 4 is 51.4 Å². The lowest BCUT2D eigenvalue weighted by Crippen LogP contribution is -2.17. The summed E-state index contributed by atoms with van der Waals surface area (Å²) < 4.78 is 5.75. The molecule has 1 fully saturated rings. The van der Waals surface area contributed by atoms with Gasteiger partial charge in [-0.15, -0.1) is 11.3 Å². The standard InChI is InChI=1S/C20H23N5OS.C6H8N2O/c1-3-26-16-8-14(22)12(9-21)7-15(16)25-19-18-13-5-4-11(2)6-17(13)27-20(18)24-10-23-19;7-3-6-1-2-8(4-6)5-9/h7-11,21H,3-6,22H2,1-2H3,(H,23,24,25);5-6H,1-2,4H2. The molecule has 1 aromatic carbocycles. The van der Waals surface area contributed by atoms with E-state index in [0.29, 0.717) is 36.1 Å². The number of nitrogens with two attached hydrogens (primary N) is 1. The van der Waals surface area contributed by atoms with Crippen molar-refractivity contribution in [2.45, 2.75) is 39.5 Å². The first-order valence-electron chi connectivity index (χ1n) is 12.1. The van der Waals surface area contributed by atoms with Crippen molar-refractivity contribution in [1.82, 2.24) is 14.9 Å². The van der Waals surface area contributed by atoms with Gasteiger partial charge in [-0.3, -0.25) is 4.79 Å². The van der Waals surface area contributed by atoms with Crippen molar-refractivity contribution in [3.05, 3.63) is 34.5 Å². The second kappa shape index (κ2) is 11.4. The van der Waals surface area contributed by atoms with E-state index in [-0.39, 0.29) is 5.92 Å². The third-order valence-electron chi connectivity index (χ3n) is 6.54. The summed E-state index contributed by atoms with van der Waals surface area (Å²) in [6, 6.07) is 5.72. The molecule has 5 rings (SSSR count). The fourth-order valence-corrected chi connectivity index (χ4v) is 5.95. The van der Waals surface area contributed by atoms with Gasteiger partial charge in [-0.2, -0.15) is 5.26 Å². The summed E-state index contributed by atoms with van der Waals surface area (Å²) in [5.41, 5.74) is 9.32. The Bertz CT molecular complexity index is 1300. The molecule has 3 heterocycles. The molecule has 3 aromatic rings. The van der Waals surface area contributed by atoms with E-state index in [4.69, 9.17) is 21.1 Å². The van der Waals surface area contributed by atoms with E-state index in [1.807, 2.05) is 13.0 Å². The summed E-state index contributed by atoms with van der Waals surface area (Å²) in [5, 5.41) is 20.5. The molecule has 2 unspecified atom stereocenters. The minimum Gasteiger partial charge on any atom is -0.492 e. The average molecular weight is 506 g/mol. The van der Waals surface area contributed by atoms with Crippen molar-refractivity contribution in [1.29, 1.82) is 10.7 Å². The van der Waals surface area contributed by atoms with Gasteiger partial charge in [0.25, 0.3) is 0 Å². The zero-order valence-electron chi connectivity index (χ0n) is 20.6. The van der Waals surface area contributed by atoms with Crippen LogP contribution in [0, 0.1) is 28.6 Å². The van der Waals surface area contributed by atoms with Crippen molar-refractivity contribution in [2.24, 2.45) is 11.8 Å². The number of anilines is 3. The number of fused-ring (bicyclic) bond motifs is 3. The Morgan fingerprint density at radius 1 is 1.39 bits per heavy atom. The summed E-state index contributed by atoms with van der Waals surface area (Å²) in [4.78, 5) is 23.2. The lowest BCUT2D eigenvalue weighted by atomic mass is 9.89. The monoisotopic (exact) mass is 505 g/mol. The highest BCUT2D eigenvalue weighted by molar-refractivity contribution is 7.19. The molecule has 0 bridgehead atoms. The molecule has 10 heteroatoms. The number of rotatable bonds is 6. The average Bonchev–Trinajstić information content (AvgIpc) is 3.50. The first-order valence-corrected chi connectivity index (χ1v) is 13.0. The molecule has 2 aromatic heterocycles. The highest BCUT2D eigenvalue weighted by atomic mass is 32.1. The maximum Gasteiger partial charge on any atom is 0.209 e. The summed E-state index contributed by atoms with van der Waals surface area (Å²) in [5.74, 6) is 2.24. The quantitative estimate of drug-likeness (QED) is 0.254. The summed E-state index contributed by atoms with van der Waals surface area (Å²) in [7, 11) is 0. The predicted molar refractivity (Wildman–Crippen MR) is 143 cm³/mol. The van der Waals surface area contributed by atoms with Crippen LogP contribution in [0.2, 0.25) is 0 Å². The smallest absolute Gasteiger partial charge is 0.209 e. The molecule has 36 heavy (non-hydrogen) atoms. The Hall–Kier alpha value is -3.71. The van der Waals surface area contributed by atoms with E-state index in [9.17, 15) is 4.79 Å². The van der Waals surface area contributed by atoms with Crippen molar-refractivity contribution in [3.63, 3.8) is 0 Å². The summed E-state index contributed by atoms with van der Waals surface area (Å²) >= 11 is 1.77. The summed E-state index contributed by atoms with van der Waals surface area (Å²) in [6.45, 7) is 6.15. The maximum absolute atomic E-state index is 10.1. The van der Waals surface area contributed by atoms with Crippen molar-refractivity contribution < 1.29 is 9.53 Å². The Morgan fingerprint density at radius 2 is 2.22 bits per heavy atom. The van der Waals surface area contributed by atoms with Crippen LogP contribution >= 0.6 is 11.3 Å². The van der Waals surface area contributed by atoms with Gasteiger partial charge in [0.2, 0.25) is 6.41 Å². The Labute approximate surface area is 214 Å². The fourth-order valence-electron chi connectivity index (χ4n) is 4.60. The first kappa shape index (κ1) is 25.4. The molecular formula is C26H31N7O2S. The molecule has 0 saturated carbocycles. The number of benzene rings is 1. The molecule has 4 N–H and O–H groups in total. The number of nitrogen functional groups attached to an aromatic ring is 1. The van der Waals surface area contributed by atoms with Gasteiger partial charge in [0, 0.05) is 41.5 Å². The number of ether oxygens (including phenoxy) is 1. The van der Waals surface area contributed by atoms with Crippen LogP contribution < -0.4 is 15.8 Å². The molecule has 1 aliphatic heterocycles. The highest BCUT2D eigenvalue weighted by Crippen LogP contribution is 2.41. The van der Waals surface area contributed by atoms with Crippen LogP contribution in [0.4, 0.5) is 17.2 Å². The topological polar surface area (TPSA) is 141 Å². The molecule has 0 radical (unpaired) electrons. The Morgan fingerprint density at radius 3 is 2.89 bits per heavy atom. The molecule has 9 nitrogen and oxygen atoms in total. The van der Waals surface area contributed by atoms with E-state index < -0.39 is 0 Å². The second-order valence-electron chi connectivity index (χ2n) is 9.15. The Balaban J connectivity index is 0.000000286. The molecule has 1 aliphatic carbocycles. The molecule has 0 spiro atoms. The molecule has 2 atom stereocenters. The van der Waals surface area contributed by atoms with E-state index in [0.717, 1.165) is 53.9 Å². The van der Waals surface area contributed by atoms with Crippen molar-refractivity contribution in [2.75, 3.05) is 30.7 Å². The van der Waals surface area contributed by atoms with Gasteiger partial charge in [0.1, 0.15) is 22.7 Å². The van der Waals surface area contributed by atoms with Crippen LogP contribution in [0.15, 0.2) is 18.5 Å². The molecular weight excluding hydrogens is 474 g/mol. The minimum atomic E-state index is 0.0789. The van der Waals surface area contributed by atoms with Gasteiger partial charge in [-0.1, -0.05) is 6.92 Å². The zero-order valence-corrected chi connectivity index (χ0v) is 21.4. The fraction of sp³-hybridized carbons (Fsp3) is 0.423. The van der Waals surface area contributed by atoms with Crippen LogP contribution in [-0.2, 0) is 17.6 Å². The zero-order chi connectivity index (χ0) is 25.7. The number of nitriles is 1. The number of carbonyl (C=O) groups is 1. The van der Waals surface area contributed by atoms with Crippen LogP contribution in [0.3, 0.4) is 0 Å². The number of nitrogens with zero attached hydrogens (tertiary/aromatic N) is 4. The van der Waals surface area contributed by atoms with Gasteiger partial charge in [-0.25, -0.2) is 9.97 Å². The van der Waals surface area contributed by atoms with Gasteiger partial charge in [0.05, 0.1) is 29.7 Å². The van der Waals surface area contributed by atoms with Crippen molar-refractivity contribution in [3.8, 4) is 11.8 Å². The van der Waals surface area contributed by atoms with E-state index >= 15 is 0 Å². The third kappa shape index (κ3) is 5.41. The number of amides is 1. The largest absolute Gasteiger partial charge is 0.492 e. The van der Waals surface area contributed by atoms with Crippen LogP contribution in [-0.4, -0.2) is 47.2 Å². The third-order valence-corrected chi connectivity index (χ3v) is 7.70. The number of carbonyl (C=O) groups excluding carboxylic acids is 1. The lowest BCUT2D eigenvalue weighted by Gasteiger charge is -2.19. The molecule has 1 saturated heterocycles. The number of hydrogen-bond donors (Lipinski definition) is 3. The van der Waals surface area contributed by atoms with Crippen LogP contribution in [0.5, 0.6) is 5.75 Å². The molecule has 1 amide bonds. The van der Waals surface area contributed by atoms with E-state index in [1.54, 1.807) is 28.6 Å². The van der Waals surface area contributed by atoms with Gasteiger partial charge in [-0.05, 0) is 50.2 Å². The normalized spacial score (nSPS) is 18.5. The van der Waals surface area contributed by atoms with Gasteiger partial charge >= 0.3 is 0 Å². The van der Waals surface area contributed by atoms with Crippen LogP contribution in [0.25, 0.3) is 10.2 Å². The number of aromatic nitrogens is 2. The first-order chi connectivity index (χ1) is 17.5. The minimum absolute atomic E-state index is 0.0789. The van der Waals surface area contributed by atoms with E-state index in [1.165, 1.54) is 23.1 Å². The number of hydrogen-bond acceptors (Lipinski definition) is 9.